The van der Waals surface area contributed by atoms with Crippen molar-refractivity contribution in [2.45, 2.75) is 26.4 Å². The molecule has 0 spiro atoms. The Morgan fingerprint density at radius 3 is 2.57 bits per heavy atom. The van der Waals surface area contributed by atoms with E-state index in [1.54, 1.807) is 13.8 Å². The van der Waals surface area contributed by atoms with Crippen LogP contribution in [0.4, 0.5) is 4.79 Å². The molecule has 0 aliphatic rings. The van der Waals surface area contributed by atoms with Crippen molar-refractivity contribution in [2.75, 3.05) is 6.54 Å². The normalized spacial score (nSPS) is 11.6. The van der Waals surface area contributed by atoms with Gasteiger partial charge in [-0.15, -0.1) is 0 Å². The van der Waals surface area contributed by atoms with E-state index in [-0.39, 0.29) is 12.0 Å². The Bertz CT molecular complexity index is 237. The molecule has 1 atom stereocenters. The molecule has 0 aromatic heterocycles. The Morgan fingerprint density at radius 2 is 2.14 bits per heavy atom. The van der Waals surface area contributed by atoms with E-state index < -0.39 is 18.2 Å². The highest BCUT2D eigenvalue weighted by molar-refractivity contribution is 5.85. The number of hydrogen-bond acceptors (Lipinski definition) is 3. The number of rotatable bonds is 5. The van der Waals surface area contributed by atoms with Gasteiger partial charge in [-0.05, 0) is 13.8 Å². The van der Waals surface area contributed by atoms with E-state index in [1.807, 2.05) is 0 Å². The monoisotopic (exact) mass is 201 g/mol. The number of ether oxygens (including phenoxy) is 1. The van der Waals surface area contributed by atoms with Crippen molar-refractivity contribution in [2.24, 2.45) is 0 Å². The van der Waals surface area contributed by atoms with Crippen molar-refractivity contribution in [3.8, 4) is 0 Å². The van der Waals surface area contributed by atoms with E-state index in [4.69, 9.17) is 9.84 Å². The van der Waals surface area contributed by atoms with E-state index in [0.29, 0.717) is 6.54 Å². The summed E-state index contributed by atoms with van der Waals surface area (Å²) in [6, 6.07) is 0. The first-order valence-electron chi connectivity index (χ1n) is 4.33. The highest BCUT2D eigenvalue weighted by atomic mass is 16.6. The number of nitrogens with one attached hydrogen (secondary N) is 1. The number of carboxylic acids is 1. The fourth-order valence-corrected chi connectivity index (χ4v) is 0.845. The van der Waals surface area contributed by atoms with Crippen LogP contribution in [-0.4, -0.2) is 29.8 Å². The summed E-state index contributed by atoms with van der Waals surface area (Å²) in [6.45, 7) is 7.19. The summed E-state index contributed by atoms with van der Waals surface area (Å²) < 4.78 is 4.84. The van der Waals surface area contributed by atoms with Gasteiger partial charge < -0.3 is 15.2 Å². The van der Waals surface area contributed by atoms with E-state index in [2.05, 4.69) is 11.9 Å². The van der Waals surface area contributed by atoms with Gasteiger partial charge in [-0.3, -0.25) is 0 Å². The van der Waals surface area contributed by atoms with Gasteiger partial charge in [-0.25, -0.2) is 9.59 Å². The number of carbonyl (C=O) groups excluding carboxylic acids is 1. The lowest BCUT2D eigenvalue weighted by molar-refractivity contribution is -0.133. The molecule has 14 heavy (non-hydrogen) atoms. The largest absolute Gasteiger partial charge is 0.478 e. The number of hydrogen-bond donors (Lipinski definition) is 2. The zero-order chi connectivity index (χ0) is 11.1. The van der Waals surface area contributed by atoms with Crippen molar-refractivity contribution in [1.29, 1.82) is 0 Å². The zero-order valence-electron chi connectivity index (χ0n) is 8.37. The van der Waals surface area contributed by atoms with E-state index >= 15 is 0 Å². The first-order valence-corrected chi connectivity index (χ1v) is 4.33. The van der Waals surface area contributed by atoms with Gasteiger partial charge in [0, 0.05) is 18.5 Å². The van der Waals surface area contributed by atoms with Gasteiger partial charge in [0.1, 0.15) is 6.10 Å². The summed E-state index contributed by atoms with van der Waals surface area (Å²) in [4.78, 5) is 21.3. The first-order chi connectivity index (χ1) is 6.47. The molecular formula is C9H15NO4. The van der Waals surface area contributed by atoms with Crippen LogP contribution in [0.5, 0.6) is 0 Å². The smallest absolute Gasteiger partial charge is 0.407 e. The average molecular weight is 201 g/mol. The summed E-state index contributed by atoms with van der Waals surface area (Å²) in [5.74, 6) is -1.07. The molecule has 0 aliphatic carbocycles. The van der Waals surface area contributed by atoms with Crippen molar-refractivity contribution < 1.29 is 19.4 Å². The number of carbonyl (C=O) groups is 2. The maximum atomic E-state index is 10.9. The molecule has 0 saturated carbocycles. The van der Waals surface area contributed by atoms with Gasteiger partial charge in [-0.2, -0.15) is 0 Å². The molecule has 5 heteroatoms. The van der Waals surface area contributed by atoms with Crippen LogP contribution >= 0.6 is 0 Å². The molecule has 0 aliphatic heterocycles. The lowest BCUT2D eigenvalue weighted by Crippen LogP contribution is -2.28. The van der Waals surface area contributed by atoms with Crippen LogP contribution in [0.25, 0.3) is 0 Å². The molecule has 5 nitrogen and oxygen atoms in total. The van der Waals surface area contributed by atoms with Gasteiger partial charge in [0.05, 0.1) is 0 Å². The second kappa shape index (κ2) is 6.01. The van der Waals surface area contributed by atoms with Gasteiger partial charge in [0.25, 0.3) is 0 Å². The van der Waals surface area contributed by atoms with Gasteiger partial charge in [0.2, 0.25) is 0 Å². The Hall–Kier alpha value is -1.52. The summed E-state index contributed by atoms with van der Waals surface area (Å²) in [6.07, 6.45) is -0.893. The molecule has 0 radical (unpaired) electrons. The lowest BCUT2D eigenvalue weighted by atomic mass is 10.1. The van der Waals surface area contributed by atoms with Gasteiger partial charge >= 0.3 is 12.1 Å². The molecule has 0 aromatic rings. The van der Waals surface area contributed by atoms with Crippen LogP contribution in [0.2, 0.25) is 0 Å². The summed E-state index contributed by atoms with van der Waals surface area (Å²) in [5, 5.41) is 11.0. The highest BCUT2D eigenvalue weighted by Crippen LogP contribution is 2.06. The quantitative estimate of drug-likeness (QED) is 0.654. The van der Waals surface area contributed by atoms with Crippen LogP contribution in [0, 0.1) is 0 Å². The van der Waals surface area contributed by atoms with Crippen molar-refractivity contribution in [3.63, 3.8) is 0 Å². The third kappa shape index (κ3) is 5.18. The Kier molecular flexibility index (Phi) is 5.36. The van der Waals surface area contributed by atoms with Crippen molar-refractivity contribution >= 4 is 12.1 Å². The second-order valence-corrected chi connectivity index (χ2v) is 2.86. The molecule has 0 saturated heterocycles. The first kappa shape index (κ1) is 12.5. The third-order valence-electron chi connectivity index (χ3n) is 1.47. The molecule has 0 bridgehead atoms. The molecule has 1 unspecified atom stereocenters. The van der Waals surface area contributed by atoms with Crippen LogP contribution in [0.3, 0.4) is 0 Å². The van der Waals surface area contributed by atoms with E-state index in [0.717, 1.165) is 0 Å². The summed E-state index contributed by atoms with van der Waals surface area (Å²) in [7, 11) is 0. The molecule has 0 heterocycles. The number of carboxylic acid groups (broad SMARTS) is 1. The molecular weight excluding hydrogens is 186 g/mol. The van der Waals surface area contributed by atoms with Crippen LogP contribution in [0.15, 0.2) is 12.2 Å². The minimum absolute atomic E-state index is 0.0294. The lowest BCUT2D eigenvalue weighted by Gasteiger charge is -2.12. The molecule has 2 N–H and O–H groups in total. The zero-order valence-corrected chi connectivity index (χ0v) is 8.37. The Morgan fingerprint density at radius 1 is 1.57 bits per heavy atom. The third-order valence-corrected chi connectivity index (χ3v) is 1.47. The highest BCUT2D eigenvalue weighted by Gasteiger charge is 2.13. The van der Waals surface area contributed by atoms with Crippen LogP contribution in [0.1, 0.15) is 20.3 Å². The average Bonchev–Trinajstić information content (AvgIpc) is 2.03. The van der Waals surface area contributed by atoms with Gasteiger partial charge in [0.15, 0.2) is 0 Å². The molecule has 0 rings (SSSR count). The summed E-state index contributed by atoms with van der Waals surface area (Å²) >= 11 is 0. The van der Waals surface area contributed by atoms with Crippen LogP contribution < -0.4 is 5.32 Å². The standard InChI is InChI=1S/C9H15NO4/c1-4-10-9(13)14-7(3)5-6(2)8(11)12/h7H,2,4-5H2,1,3H3,(H,10,13)(H,11,12). The van der Waals surface area contributed by atoms with E-state index in [9.17, 15) is 9.59 Å². The predicted octanol–water partition coefficient (Wildman–Crippen LogP) is 1.15. The fraction of sp³-hybridized carbons (Fsp3) is 0.556. The Labute approximate surface area is 82.7 Å². The van der Waals surface area contributed by atoms with Crippen LogP contribution in [-0.2, 0) is 9.53 Å². The topological polar surface area (TPSA) is 75.6 Å². The number of aliphatic carboxylic acids is 1. The Balaban J connectivity index is 3.86. The molecule has 80 valence electrons. The number of amides is 1. The summed E-state index contributed by atoms with van der Waals surface area (Å²) in [5.41, 5.74) is 0.0294. The maximum absolute atomic E-state index is 10.9. The minimum atomic E-state index is -1.07. The predicted molar refractivity (Wildman–Crippen MR) is 51.0 cm³/mol. The molecule has 0 fully saturated rings. The molecule has 0 aromatic carbocycles. The van der Waals surface area contributed by atoms with Crippen molar-refractivity contribution in [1.82, 2.24) is 5.32 Å². The minimum Gasteiger partial charge on any atom is -0.478 e. The van der Waals surface area contributed by atoms with Gasteiger partial charge in [-0.1, -0.05) is 6.58 Å². The SMILES string of the molecule is C=C(CC(C)OC(=O)NCC)C(=O)O. The second-order valence-electron chi connectivity index (χ2n) is 2.86. The maximum Gasteiger partial charge on any atom is 0.407 e. The fourth-order valence-electron chi connectivity index (χ4n) is 0.845. The number of alkyl carbamates (subject to hydrolysis) is 1. The van der Waals surface area contributed by atoms with E-state index in [1.165, 1.54) is 0 Å². The molecule has 1 amide bonds. The van der Waals surface area contributed by atoms with Crippen molar-refractivity contribution in [3.05, 3.63) is 12.2 Å².